The summed E-state index contributed by atoms with van der Waals surface area (Å²) < 4.78 is 44.7. The van der Waals surface area contributed by atoms with Gasteiger partial charge in [0.1, 0.15) is 12.6 Å². The van der Waals surface area contributed by atoms with E-state index in [1.165, 1.54) is 6.07 Å². The lowest BCUT2D eigenvalue weighted by Crippen LogP contribution is -2.50. The number of anilines is 2. The molecular weight excluding hydrogens is 371 g/mol. The second-order valence-corrected chi connectivity index (χ2v) is 6.62. The molecule has 150 valence electrons. The third-order valence-corrected chi connectivity index (χ3v) is 4.47. The fraction of sp³-hybridized carbons (Fsp3) is 0.350. The predicted molar refractivity (Wildman–Crippen MR) is 101 cm³/mol. The minimum atomic E-state index is -4.52. The molecule has 8 heteroatoms. The average molecular weight is 393 g/mol. The molecular formula is C20H22F3N3O2. The minimum Gasteiger partial charge on any atom is -0.375 e. The van der Waals surface area contributed by atoms with Gasteiger partial charge in [0.25, 0.3) is 0 Å². The summed E-state index contributed by atoms with van der Waals surface area (Å²) in [5.41, 5.74) is 7.69. The predicted octanol–water partition coefficient (Wildman–Crippen LogP) is 2.95. The van der Waals surface area contributed by atoms with Gasteiger partial charge in [0, 0.05) is 13.1 Å². The minimum absolute atomic E-state index is 0.124. The van der Waals surface area contributed by atoms with E-state index in [1.807, 2.05) is 30.3 Å². The average Bonchev–Trinajstić information content (AvgIpc) is 2.76. The van der Waals surface area contributed by atoms with E-state index in [2.05, 4.69) is 0 Å². The molecule has 1 aliphatic heterocycles. The van der Waals surface area contributed by atoms with Crippen LogP contribution in [-0.2, 0) is 16.1 Å². The van der Waals surface area contributed by atoms with Crippen LogP contribution in [0.3, 0.4) is 0 Å². The van der Waals surface area contributed by atoms with Crippen molar-refractivity contribution in [2.24, 2.45) is 5.73 Å². The summed E-state index contributed by atoms with van der Waals surface area (Å²) in [6, 6.07) is 15.1. The van der Waals surface area contributed by atoms with Crippen molar-refractivity contribution < 1.29 is 22.7 Å². The van der Waals surface area contributed by atoms with Gasteiger partial charge < -0.3 is 15.4 Å². The molecule has 0 radical (unpaired) electrons. The Hall–Kier alpha value is -2.58. The van der Waals surface area contributed by atoms with Gasteiger partial charge in [0.05, 0.1) is 24.6 Å². The van der Waals surface area contributed by atoms with Crippen molar-refractivity contribution in [3.8, 4) is 0 Å². The molecule has 2 aromatic carbocycles. The van der Waals surface area contributed by atoms with Crippen LogP contribution >= 0.6 is 0 Å². The molecule has 1 unspecified atom stereocenters. The standard InChI is InChI=1S/C20H22F3N3O2/c21-20(22,23)14-26-18-9-5-4-8-17(18)25(12-16(24)19(26)27)10-11-28-13-15-6-2-1-3-7-15/h1-9,16H,10-14,24H2. The van der Waals surface area contributed by atoms with Gasteiger partial charge in [-0.2, -0.15) is 13.2 Å². The normalized spacial score (nSPS) is 17.4. The Bertz CT molecular complexity index is 799. The van der Waals surface area contributed by atoms with Crippen molar-refractivity contribution in [2.45, 2.75) is 18.8 Å². The van der Waals surface area contributed by atoms with Gasteiger partial charge in [-0.3, -0.25) is 9.69 Å². The summed E-state index contributed by atoms with van der Waals surface area (Å²) >= 11 is 0. The van der Waals surface area contributed by atoms with Crippen LogP contribution < -0.4 is 15.5 Å². The molecule has 0 aromatic heterocycles. The maximum Gasteiger partial charge on any atom is 0.406 e. The Morgan fingerprint density at radius 1 is 1.04 bits per heavy atom. The zero-order valence-electron chi connectivity index (χ0n) is 15.2. The number of amides is 1. The summed E-state index contributed by atoms with van der Waals surface area (Å²) in [5.74, 6) is -0.738. The van der Waals surface area contributed by atoms with E-state index in [4.69, 9.17) is 10.5 Å². The van der Waals surface area contributed by atoms with E-state index in [0.717, 1.165) is 10.5 Å². The topological polar surface area (TPSA) is 58.8 Å². The number of nitrogens with zero attached hydrogens (tertiary/aromatic N) is 2. The van der Waals surface area contributed by atoms with Crippen LogP contribution in [0.2, 0.25) is 0 Å². The molecule has 0 bridgehead atoms. The van der Waals surface area contributed by atoms with E-state index < -0.39 is 24.7 Å². The molecule has 2 N–H and O–H groups in total. The second kappa shape index (κ2) is 8.62. The zero-order valence-corrected chi connectivity index (χ0v) is 15.2. The number of carbonyl (C=O) groups excluding carboxylic acids is 1. The van der Waals surface area contributed by atoms with Gasteiger partial charge in [-0.05, 0) is 17.7 Å². The number of alkyl halides is 3. The van der Waals surface area contributed by atoms with Gasteiger partial charge in [-0.1, -0.05) is 42.5 Å². The Balaban J connectivity index is 1.74. The summed E-state index contributed by atoms with van der Waals surface area (Å²) in [7, 11) is 0. The lowest BCUT2D eigenvalue weighted by Gasteiger charge is -2.27. The molecule has 28 heavy (non-hydrogen) atoms. The first-order chi connectivity index (χ1) is 13.3. The molecule has 0 fully saturated rings. The van der Waals surface area contributed by atoms with Crippen LogP contribution in [0, 0.1) is 0 Å². The van der Waals surface area contributed by atoms with Gasteiger partial charge >= 0.3 is 6.18 Å². The first kappa shape index (κ1) is 20.2. The Morgan fingerprint density at radius 3 is 2.36 bits per heavy atom. The summed E-state index contributed by atoms with van der Waals surface area (Å²) in [6.07, 6.45) is -4.52. The maximum atomic E-state index is 13.0. The summed E-state index contributed by atoms with van der Waals surface area (Å²) in [6.45, 7) is -0.0522. The molecule has 1 amide bonds. The van der Waals surface area contributed by atoms with E-state index in [0.29, 0.717) is 25.4 Å². The smallest absolute Gasteiger partial charge is 0.375 e. The third kappa shape index (κ3) is 5.02. The molecule has 0 saturated heterocycles. The molecule has 2 aromatic rings. The first-order valence-electron chi connectivity index (χ1n) is 8.94. The number of nitrogens with two attached hydrogens (primary N) is 1. The van der Waals surface area contributed by atoms with Crippen LogP contribution in [0.25, 0.3) is 0 Å². The number of halogens is 3. The number of hydrogen-bond acceptors (Lipinski definition) is 4. The number of ether oxygens (including phenoxy) is 1. The van der Waals surface area contributed by atoms with Crippen LogP contribution in [0.15, 0.2) is 54.6 Å². The fourth-order valence-electron chi connectivity index (χ4n) is 3.19. The fourth-order valence-corrected chi connectivity index (χ4v) is 3.19. The zero-order chi connectivity index (χ0) is 20.1. The number of carbonyl (C=O) groups is 1. The van der Waals surface area contributed by atoms with Crippen molar-refractivity contribution in [2.75, 3.05) is 36.0 Å². The molecule has 1 atom stereocenters. The van der Waals surface area contributed by atoms with Crippen molar-refractivity contribution in [3.05, 3.63) is 60.2 Å². The van der Waals surface area contributed by atoms with Gasteiger partial charge in [0.2, 0.25) is 5.91 Å². The highest BCUT2D eigenvalue weighted by Crippen LogP contribution is 2.34. The molecule has 3 rings (SSSR count). The van der Waals surface area contributed by atoms with Gasteiger partial charge in [-0.15, -0.1) is 0 Å². The van der Waals surface area contributed by atoms with Crippen LogP contribution in [0.5, 0.6) is 0 Å². The first-order valence-corrected chi connectivity index (χ1v) is 8.94. The highest BCUT2D eigenvalue weighted by atomic mass is 19.4. The lowest BCUT2D eigenvalue weighted by atomic mass is 10.2. The van der Waals surface area contributed by atoms with E-state index >= 15 is 0 Å². The number of fused-ring (bicyclic) bond motifs is 1. The van der Waals surface area contributed by atoms with Crippen molar-refractivity contribution in [1.29, 1.82) is 0 Å². The van der Waals surface area contributed by atoms with Crippen LogP contribution in [-0.4, -0.2) is 44.4 Å². The molecule has 1 aliphatic rings. The van der Waals surface area contributed by atoms with Crippen molar-refractivity contribution in [3.63, 3.8) is 0 Å². The Labute approximate surface area is 161 Å². The van der Waals surface area contributed by atoms with Crippen molar-refractivity contribution in [1.82, 2.24) is 0 Å². The Kier molecular flexibility index (Phi) is 6.21. The van der Waals surface area contributed by atoms with Crippen LogP contribution in [0.4, 0.5) is 24.5 Å². The molecule has 5 nitrogen and oxygen atoms in total. The highest BCUT2D eigenvalue weighted by Gasteiger charge is 2.39. The molecule has 1 heterocycles. The summed E-state index contributed by atoms with van der Waals surface area (Å²) in [5, 5.41) is 0. The number of benzene rings is 2. The third-order valence-electron chi connectivity index (χ3n) is 4.47. The van der Waals surface area contributed by atoms with Gasteiger partial charge in [0.15, 0.2) is 0 Å². The molecule has 0 saturated carbocycles. The summed E-state index contributed by atoms with van der Waals surface area (Å²) in [4.78, 5) is 15.0. The van der Waals surface area contributed by atoms with Crippen LogP contribution in [0.1, 0.15) is 5.56 Å². The largest absolute Gasteiger partial charge is 0.406 e. The number of para-hydroxylation sites is 2. The lowest BCUT2D eigenvalue weighted by molar-refractivity contribution is -0.132. The number of rotatable bonds is 6. The van der Waals surface area contributed by atoms with Crippen molar-refractivity contribution >= 4 is 17.3 Å². The highest BCUT2D eigenvalue weighted by molar-refractivity contribution is 6.01. The SMILES string of the molecule is NC1CN(CCOCc2ccccc2)c2ccccc2N(CC(F)(F)F)C1=O. The second-order valence-electron chi connectivity index (χ2n) is 6.62. The van der Waals surface area contributed by atoms with E-state index in [1.54, 1.807) is 23.1 Å². The van der Waals surface area contributed by atoms with Gasteiger partial charge in [-0.25, -0.2) is 0 Å². The monoisotopic (exact) mass is 393 g/mol. The van der Waals surface area contributed by atoms with E-state index in [-0.39, 0.29) is 12.2 Å². The van der Waals surface area contributed by atoms with E-state index in [9.17, 15) is 18.0 Å². The molecule has 0 aliphatic carbocycles. The number of hydrogen-bond donors (Lipinski definition) is 1. The quantitative estimate of drug-likeness (QED) is 0.767. The Morgan fingerprint density at radius 2 is 1.68 bits per heavy atom. The maximum absolute atomic E-state index is 13.0. The molecule has 0 spiro atoms.